The number of phenolic OH excluding ortho intramolecular Hbond substituents is 1. The van der Waals surface area contributed by atoms with Gasteiger partial charge in [-0.3, -0.25) is 4.99 Å². The Morgan fingerprint density at radius 3 is 2.89 bits per heavy atom. The number of nitrogens with zero attached hydrogens (tertiary/aromatic N) is 3. The number of phenols is 1. The second kappa shape index (κ2) is 9.08. The molecule has 1 aromatic heterocycles. The van der Waals surface area contributed by atoms with E-state index < -0.39 is 0 Å². The standard InChI is InChI=1S/C20H28N4O2S/c1-21-20(22-11-10-14-8-9-15(26-3)12-17(14)25)24(2)13-19-23-16-6-4-5-7-18(16)27-19/h8-9,12,25H,4-7,10-11,13H2,1-3H3,(H,21,22). The van der Waals surface area contributed by atoms with Crippen molar-refractivity contribution in [3.63, 3.8) is 0 Å². The smallest absolute Gasteiger partial charge is 0.193 e. The van der Waals surface area contributed by atoms with Crippen molar-refractivity contribution in [3.05, 3.63) is 39.3 Å². The Morgan fingerprint density at radius 2 is 2.19 bits per heavy atom. The molecule has 6 nitrogen and oxygen atoms in total. The first-order valence-electron chi connectivity index (χ1n) is 9.36. The molecule has 2 aromatic rings. The summed E-state index contributed by atoms with van der Waals surface area (Å²) in [6.45, 7) is 1.44. The van der Waals surface area contributed by atoms with Crippen LogP contribution in [0, 0.1) is 0 Å². The SMILES string of the molecule is CN=C(NCCc1ccc(OC)cc1O)N(C)Cc1nc2c(s1)CCCC2. The van der Waals surface area contributed by atoms with Gasteiger partial charge in [0, 0.05) is 31.6 Å². The number of methoxy groups -OCH3 is 1. The summed E-state index contributed by atoms with van der Waals surface area (Å²) in [5.74, 6) is 1.75. The van der Waals surface area contributed by atoms with E-state index >= 15 is 0 Å². The Morgan fingerprint density at radius 1 is 1.37 bits per heavy atom. The van der Waals surface area contributed by atoms with Gasteiger partial charge >= 0.3 is 0 Å². The lowest BCUT2D eigenvalue weighted by Gasteiger charge is -2.21. The number of hydrogen-bond acceptors (Lipinski definition) is 5. The van der Waals surface area contributed by atoms with Crippen molar-refractivity contribution in [1.82, 2.24) is 15.2 Å². The predicted octanol–water partition coefficient (Wildman–Crippen LogP) is 2.99. The molecule has 0 spiro atoms. The number of nitrogens with one attached hydrogen (secondary N) is 1. The number of aromatic nitrogens is 1. The molecule has 0 amide bonds. The van der Waals surface area contributed by atoms with Crippen LogP contribution in [0.15, 0.2) is 23.2 Å². The van der Waals surface area contributed by atoms with Gasteiger partial charge in [0.25, 0.3) is 0 Å². The van der Waals surface area contributed by atoms with Crippen LogP contribution in [0.5, 0.6) is 11.5 Å². The van der Waals surface area contributed by atoms with Crippen molar-refractivity contribution >= 4 is 17.3 Å². The Balaban J connectivity index is 1.53. The van der Waals surface area contributed by atoms with Crippen LogP contribution >= 0.6 is 11.3 Å². The van der Waals surface area contributed by atoms with Crippen LogP contribution < -0.4 is 10.1 Å². The van der Waals surface area contributed by atoms with Crippen LogP contribution in [-0.4, -0.2) is 48.7 Å². The molecule has 7 heteroatoms. The number of aliphatic imine (C=N–C) groups is 1. The van der Waals surface area contributed by atoms with E-state index in [4.69, 9.17) is 9.72 Å². The Labute approximate surface area is 164 Å². The third-order valence-electron chi connectivity index (χ3n) is 4.81. The summed E-state index contributed by atoms with van der Waals surface area (Å²) in [5.41, 5.74) is 2.18. The van der Waals surface area contributed by atoms with Crippen LogP contribution in [0.1, 0.15) is 34.0 Å². The number of aromatic hydroxyl groups is 1. The quantitative estimate of drug-likeness (QED) is 0.588. The molecule has 0 saturated heterocycles. The van der Waals surface area contributed by atoms with E-state index in [1.165, 1.54) is 29.8 Å². The molecule has 3 rings (SSSR count). The number of guanidine groups is 1. The average Bonchev–Trinajstić information content (AvgIpc) is 3.08. The molecule has 0 atom stereocenters. The maximum absolute atomic E-state index is 10.1. The first kappa shape index (κ1) is 19.5. The highest BCUT2D eigenvalue weighted by Crippen LogP contribution is 2.27. The van der Waals surface area contributed by atoms with E-state index in [-0.39, 0.29) is 5.75 Å². The number of fused-ring (bicyclic) bond motifs is 1. The number of ether oxygens (including phenoxy) is 1. The van der Waals surface area contributed by atoms with Crippen LogP contribution in [-0.2, 0) is 25.8 Å². The van der Waals surface area contributed by atoms with Crippen molar-refractivity contribution in [2.45, 2.75) is 38.6 Å². The summed E-state index contributed by atoms with van der Waals surface area (Å²) in [6, 6.07) is 5.39. The van der Waals surface area contributed by atoms with Gasteiger partial charge in [0.1, 0.15) is 16.5 Å². The number of thiazole rings is 1. The number of hydrogen-bond donors (Lipinski definition) is 2. The van der Waals surface area contributed by atoms with E-state index in [1.807, 2.05) is 30.5 Å². The highest BCUT2D eigenvalue weighted by molar-refractivity contribution is 7.11. The number of benzene rings is 1. The zero-order chi connectivity index (χ0) is 19.2. The van der Waals surface area contributed by atoms with Crippen LogP contribution in [0.2, 0.25) is 0 Å². The highest BCUT2D eigenvalue weighted by atomic mass is 32.1. The van der Waals surface area contributed by atoms with E-state index in [0.29, 0.717) is 18.7 Å². The maximum Gasteiger partial charge on any atom is 0.193 e. The minimum absolute atomic E-state index is 0.257. The highest BCUT2D eigenvalue weighted by Gasteiger charge is 2.17. The molecule has 0 aliphatic heterocycles. The Bertz CT molecular complexity index is 780. The lowest BCUT2D eigenvalue weighted by molar-refractivity contribution is 0.406. The van der Waals surface area contributed by atoms with E-state index in [9.17, 15) is 5.11 Å². The first-order valence-corrected chi connectivity index (χ1v) is 10.2. The van der Waals surface area contributed by atoms with Crippen molar-refractivity contribution in [2.24, 2.45) is 4.99 Å². The fraction of sp³-hybridized carbons (Fsp3) is 0.500. The van der Waals surface area contributed by atoms with E-state index in [1.54, 1.807) is 20.2 Å². The fourth-order valence-corrected chi connectivity index (χ4v) is 4.54. The fourth-order valence-electron chi connectivity index (χ4n) is 3.33. The minimum atomic E-state index is 0.257. The van der Waals surface area contributed by atoms with Crippen molar-refractivity contribution in [3.8, 4) is 11.5 Å². The van der Waals surface area contributed by atoms with Gasteiger partial charge in [0.15, 0.2) is 5.96 Å². The number of aryl methyl sites for hydroxylation is 2. The summed E-state index contributed by atoms with van der Waals surface area (Å²) in [5, 5.41) is 14.6. The van der Waals surface area contributed by atoms with Gasteiger partial charge < -0.3 is 20.1 Å². The van der Waals surface area contributed by atoms with Crippen LogP contribution in [0.4, 0.5) is 0 Å². The van der Waals surface area contributed by atoms with E-state index in [2.05, 4.69) is 15.2 Å². The number of rotatable bonds is 6. The zero-order valence-electron chi connectivity index (χ0n) is 16.3. The third kappa shape index (κ3) is 4.91. The molecule has 2 N–H and O–H groups in total. The molecule has 1 aromatic carbocycles. The molecular weight excluding hydrogens is 360 g/mol. The molecule has 0 fully saturated rings. The lowest BCUT2D eigenvalue weighted by atomic mass is 10.0. The molecule has 27 heavy (non-hydrogen) atoms. The zero-order valence-corrected chi connectivity index (χ0v) is 17.1. The van der Waals surface area contributed by atoms with Gasteiger partial charge in [0.05, 0.1) is 19.3 Å². The van der Waals surface area contributed by atoms with Crippen LogP contribution in [0.25, 0.3) is 0 Å². The van der Waals surface area contributed by atoms with Crippen molar-refractivity contribution in [1.29, 1.82) is 0 Å². The van der Waals surface area contributed by atoms with Gasteiger partial charge in [-0.1, -0.05) is 6.07 Å². The predicted molar refractivity (Wildman–Crippen MR) is 110 cm³/mol. The lowest BCUT2D eigenvalue weighted by Crippen LogP contribution is -2.39. The van der Waals surface area contributed by atoms with Gasteiger partial charge in [-0.15, -0.1) is 11.3 Å². The topological polar surface area (TPSA) is 70.0 Å². The normalized spacial score (nSPS) is 14.0. The molecule has 0 unspecified atom stereocenters. The van der Waals surface area contributed by atoms with Gasteiger partial charge in [-0.25, -0.2) is 4.98 Å². The second-order valence-electron chi connectivity index (χ2n) is 6.76. The summed E-state index contributed by atoms with van der Waals surface area (Å²) in [4.78, 5) is 12.7. The second-order valence-corrected chi connectivity index (χ2v) is 7.93. The van der Waals surface area contributed by atoms with Crippen molar-refractivity contribution in [2.75, 3.05) is 27.7 Å². The largest absolute Gasteiger partial charge is 0.508 e. The van der Waals surface area contributed by atoms with Gasteiger partial charge in [-0.2, -0.15) is 0 Å². The summed E-state index contributed by atoms with van der Waals surface area (Å²) >= 11 is 1.84. The molecule has 0 radical (unpaired) electrons. The summed E-state index contributed by atoms with van der Waals surface area (Å²) in [6.07, 6.45) is 5.54. The van der Waals surface area contributed by atoms with Gasteiger partial charge in [0.2, 0.25) is 0 Å². The minimum Gasteiger partial charge on any atom is -0.508 e. The molecular formula is C20H28N4O2S. The molecule has 1 aliphatic rings. The third-order valence-corrected chi connectivity index (χ3v) is 5.95. The van der Waals surface area contributed by atoms with Crippen LogP contribution in [0.3, 0.4) is 0 Å². The maximum atomic E-state index is 10.1. The molecule has 1 heterocycles. The molecule has 1 aliphatic carbocycles. The average molecular weight is 389 g/mol. The van der Waals surface area contributed by atoms with Crippen molar-refractivity contribution < 1.29 is 9.84 Å². The summed E-state index contributed by atoms with van der Waals surface area (Å²) in [7, 11) is 5.41. The molecule has 0 saturated carbocycles. The summed E-state index contributed by atoms with van der Waals surface area (Å²) < 4.78 is 5.12. The first-order chi connectivity index (χ1) is 13.1. The Kier molecular flexibility index (Phi) is 6.55. The van der Waals surface area contributed by atoms with Gasteiger partial charge in [-0.05, 0) is 43.7 Å². The van der Waals surface area contributed by atoms with E-state index in [0.717, 1.165) is 29.5 Å². The molecule has 0 bridgehead atoms. The molecule has 146 valence electrons. The Hall–Kier alpha value is -2.28. The monoisotopic (exact) mass is 388 g/mol.